The topological polar surface area (TPSA) is 92.3 Å². The Morgan fingerprint density at radius 2 is 0.740 bits per heavy atom. The minimum atomic E-state index is -2.07. The lowest BCUT2D eigenvalue weighted by atomic mass is 9.97. The third-order valence-electron chi connectivity index (χ3n) is 7.19. The molecule has 0 unspecified atom stereocenters. The second-order valence-electron chi connectivity index (χ2n) is 10.9. The highest BCUT2D eigenvalue weighted by molar-refractivity contribution is 7.47. The SMILES string of the molecule is COc1ccccc1OP(COc1ccccc1C(C)(C)OP(Oc1ccccc1OC)Oc1ccccc1OC)Oc1ccccc1OC. The Labute approximate surface area is 295 Å². The molecule has 0 atom stereocenters. The van der Waals surface area contributed by atoms with E-state index < -0.39 is 22.6 Å². The van der Waals surface area contributed by atoms with Crippen molar-refractivity contribution in [2.45, 2.75) is 19.4 Å². The van der Waals surface area contributed by atoms with Crippen molar-refractivity contribution in [3.8, 4) is 51.7 Å². The van der Waals surface area contributed by atoms with Crippen LogP contribution >= 0.6 is 17.0 Å². The fourth-order valence-electron chi connectivity index (χ4n) is 4.73. The zero-order valence-corrected chi connectivity index (χ0v) is 30.5. The molecule has 0 amide bonds. The van der Waals surface area contributed by atoms with Crippen molar-refractivity contribution in [1.29, 1.82) is 0 Å². The molecular formula is C38H40O10P2. The van der Waals surface area contributed by atoms with Gasteiger partial charge >= 0.3 is 17.0 Å². The van der Waals surface area contributed by atoms with Crippen molar-refractivity contribution >= 4 is 17.0 Å². The largest absolute Gasteiger partial charge is 0.493 e. The fourth-order valence-corrected chi connectivity index (χ4v) is 7.07. The number of para-hydroxylation sites is 9. The maximum atomic E-state index is 6.67. The van der Waals surface area contributed by atoms with Crippen molar-refractivity contribution < 1.29 is 46.3 Å². The highest BCUT2D eigenvalue weighted by atomic mass is 31.2. The van der Waals surface area contributed by atoms with Crippen molar-refractivity contribution in [3.05, 3.63) is 127 Å². The molecule has 50 heavy (non-hydrogen) atoms. The summed E-state index contributed by atoms with van der Waals surface area (Å²) in [7, 11) is 2.54. The Balaban J connectivity index is 1.42. The summed E-state index contributed by atoms with van der Waals surface area (Å²) in [6.45, 7) is 3.84. The Morgan fingerprint density at radius 3 is 1.12 bits per heavy atom. The van der Waals surface area contributed by atoms with Crippen LogP contribution in [0.25, 0.3) is 0 Å². The lowest BCUT2D eigenvalue weighted by Gasteiger charge is -2.31. The van der Waals surface area contributed by atoms with Gasteiger partial charge in [-0.1, -0.05) is 66.7 Å². The molecule has 0 bridgehead atoms. The Morgan fingerprint density at radius 1 is 0.420 bits per heavy atom. The van der Waals surface area contributed by atoms with Gasteiger partial charge in [-0.2, -0.15) is 0 Å². The smallest absolute Gasteiger partial charge is 0.464 e. The minimum Gasteiger partial charge on any atom is -0.493 e. The number of hydrogen-bond acceptors (Lipinski definition) is 10. The molecule has 0 saturated carbocycles. The first-order chi connectivity index (χ1) is 24.3. The van der Waals surface area contributed by atoms with Gasteiger partial charge in [-0.3, -0.25) is 4.52 Å². The molecule has 0 fully saturated rings. The standard InChI is InChI=1S/C38H40O10P2/c1-38(2,48-50(46-36-25-15-11-21-32(36)41-5)47-37-26-16-12-22-33(37)42-6)28-17-7-8-18-29(28)43-27-49(44-34-23-13-9-19-30(34)39-3)45-35-24-14-10-20-31(35)40-4/h7-26H,27H2,1-6H3. The van der Waals surface area contributed by atoms with E-state index in [0.29, 0.717) is 51.7 Å². The van der Waals surface area contributed by atoms with Gasteiger partial charge in [0, 0.05) is 5.56 Å². The van der Waals surface area contributed by atoms with Crippen LogP contribution in [-0.4, -0.2) is 34.8 Å². The zero-order chi connectivity index (χ0) is 35.3. The summed E-state index contributed by atoms with van der Waals surface area (Å²) in [6, 6.07) is 36.9. The van der Waals surface area contributed by atoms with Crippen molar-refractivity contribution in [1.82, 2.24) is 0 Å². The van der Waals surface area contributed by atoms with Crippen LogP contribution in [0.5, 0.6) is 51.7 Å². The van der Waals surface area contributed by atoms with Crippen molar-refractivity contribution in [3.63, 3.8) is 0 Å². The van der Waals surface area contributed by atoms with Gasteiger partial charge in [0.1, 0.15) is 11.4 Å². The molecule has 5 aromatic rings. The number of ether oxygens (including phenoxy) is 5. The van der Waals surface area contributed by atoms with E-state index in [-0.39, 0.29) is 6.35 Å². The zero-order valence-electron chi connectivity index (χ0n) is 28.7. The molecular weight excluding hydrogens is 678 g/mol. The molecule has 5 rings (SSSR count). The normalized spacial score (nSPS) is 11.1. The van der Waals surface area contributed by atoms with Crippen LogP contribution in [0.3, 0.4) is 0 Å². The van der Waals surface area contributed by atoms with Crippen molar-refractivity contribution in [2.24, 2.45) is 0 Å². The van der Waals surface area contributed by atoms with E-state index in [2.05, 4.69) is 0 Å². The van der Waals surface area contributed by atoms with E-state index in [0.717, 1.165) is 5.56 Å². The Bertz CT molecular complexity index is 1720. The number of hydrogen-bond donors (Lipinski definition) is 0. The van der Waals surface area contributed by atoms with Crippen LogP contribution in [0.15, 0.2) is 121 Å². The van der Waals surface area contributed by atoms with E-state index in [1.807, 2.05) is 111 Å². The van der Waals surface area contributed by atoms with Gasteiger partial charge in [0.2, 0.25) is 0 Å². The molecule has 0 aliphatic rings. The molecule has 0 aliphatic heterocycles. The third kappa shape index (κ3) is 9.42. The van der Waals surface area contributed by atoms with Crippen molar-refractivity contribution in [2.75, 3.05) is 34.8 Å². The molecule has 262 valence electrons. The number of methoxy groups -OCH3 is 4. The quantitative estimate of drug-likeness (QED) is 0.0815. The first-order valence-electron chi connectivity index (χ1n) is 15.6. The average Bonchev–Trinajstić information content (AvgIpc) is 3.14. The summed E-state index contributed by atoms with van der Waals surface area (Å²) in [5.41, 5.74) is -0.244. The van der Waals surface area contributed by atoms with Crippen LogP contribution in [0.4, 0.5) is 0 Å². The van der Waals surface area contributed by atoms with Gasteiger partial charge < -0.3 is 41.8 Å². The summed E-state index contributed by atoms with van der Waals surface area (Å²) in [4.78, 5) is 0. The van der Waals surface area contributed by atoms with Gasteiger partial charge in [0.15, 0.2) is 52.3 Å². The van der Waals surface area contributed by atoms with Crippen LogP contribution in [0, 0.1) is 0 Å². The molecule has 0 heterocycles. The third-order valence-corrected chi connectivity index (χ3v) is 9.62. The fraction of sp³-hybridized carbons (Fsp3) is 0.211. The number of rotatable bonds is 18. The summed E-state index contributed by atoms with van der Waals surface area (Å²) in [5.74, 6) is 4.72. The lowest BCUT2D eigenvalue weighted by Crippen LogP contribution is -2.23. The highest BCUT2D eigenvalue weighted by Gasteiger charge is 2.34. The highest BCUT2D eigenvalue weighted by Crippen LogP contribution is 2.52. The molecule has 5 aromatic carbocycles. The Hall–Kier alpha value is -4.88. The first-order valence-corrected chi connectivity index (χ1v) is 18.0. The predicted molar refractivity (Wildman–Crippen MR) is 194 cm³/mol. The van der Waals surface area contributed by atoms with Gasteiger partial charge in [-0.25, -0.2) is 0 Å². The predicted octanol–water partition coefficient (Wildman–Crippen LogP) is 10.2. The molecule has 12 heteroatoms. The molecule has 0 saturated heterocycles. The monoisotopic (exact) mass is 718 g/mol. The van der Waals surface area contributed by atoms with Gasteiger partial charge in [0.05, 0.1) is 28.4 Å². The molecule has 0 N–H and O–H groups in total. The van der Waals surface area contributed by atoms with Gasteiger partial charge in [-0.05, 0) is 68.4 Å². The van der Waals surface area contributed by atoms with E-state index in [1.54, 1.807) is 52.7 Å². The van der Waals surface area contributed by atoms with Crippen LogP contribution in [0.1, 0.15) is 19.4 Å². The minimum absolute atomic E-state index is 0.0582. The van der Waals surface area contributed by atoms with Gasteiger partial charge in [-0.15, -0.1) is 0 Å². The molecule has 10 nitrogen and oxygen atoms in total. The van der Waals surface area contributed by atoms with E-state index in [4.69, 9.17) is 46.3 Å². The Kier molecular flexibility index (Phi) is 12.9. The average molecular weight is 719 g/mol. The maximum Gasteiger partial charge on any atom is 0.464 e. The summed E-state index contributed by atoms with van der Waals surface area (Å²) < 4.78 is 60.7. The molecule has 0 aromatic heterocycles. The summed E-state index contributed by atoms with van der Waals surface area (Å²) in [5, 5.41) is 0. The van der Waals surface area contributed by atoms with E-state index in [1.165, 1.54) is 0 Å². The molecule has 0 radical (unpaired) electrons. The van der Waals surface area contributed by atoms with Crippen LogP contribution in [0.2, 0.25) is 0 Å². The second kappa shape index (κ2) is 17.7. The first kappa shape index (κ1) is 36.4. The summed E-state index contributed by atoms with van der Waals surface area (Å²) in [6.07, 6.45) is 0.0582. The molecule has 0 aliphatic carbocycles. The van der Waals surface area contributed by atoms with E-state index >= 15 is 0 Å². The lowest BCUT2D eigenvalue weighted by molar-refractivity contribution is 0.0903. The van der Waals surface area contributed by atoms with Crippen LogP contribution < -0.4 is 41.8 Å². The van der Waals surface area contributed by atoms with Gasteiger partial charge in [0.25, 0.3) is 0 Å². The van der Waals surface area contributed by atoms with Crippen LogP contribution in [-0.2, 0) is 10.1 Å². The summed E-state index contributed by atoms with van der Waals surface area (Å²) >= 11 is 0. The number of benzene rings is 5. The maximum absolute atomic E-state index is 6.67. The molecule has 0 spiro atoms. The van der Waals surface area contributed by atoms with E-state index in [9.17, 15) is 0 Å². The second-order valence-corrected chi connectivity index (χ2v) is 13.2.